The average molecular weight is 241 g/mol. The zero-order chi connectivity index (χ0) is 12.0. The fourth-order valence-electron chi connectivity index (χ4n) is 1.52. The lowest BCUT2D eigenvalue weighted by molar-refractivity contribution is -0.144. The van der Waals surface area contributed by atoms with Gasteiger partial charge in [0.2, 0.25) is 0 Å². The number of thiophene rings is 1. The summed E-state index contributed by atoms with van der Waals surface area (Å²) in [5.41, 5.74) is 1.39. The monoisotopic (exact) mass is 241 g/mol. The summed E-state index contributed by atoms with van der Waals surface area (Å²) in [7, 11) is 1.42. The van der Waals surface area contributed by atoms with Crippen molar-refractivity contribution >= 4 is 17.3 Å². The van der Waals surface area contributed by atoms with E-state index in [0.29, 0.717) is 6.54 Å². The van der Waals surface area contributed by atoms with Crippen molar-refractivity contribution in [1.29, 1.82) is 0 Å². The van der Waals surface area contributed by atoms with E-state index in [0.717, 1.165) is 13.0 Å². The maximum absolute atomic E-state index is 11.2. The van der Waals surface area contributed by atoms with Gasteiger partial charge in [-0.1, -0.05) is 13.8 Å². The molecule has 0 aliphatic carbocycles. The number of aryl methyl sites for hydroxylation is 1. The van der Waals surface area contributed by atoms with E-state index in [1.54, 1.807) is 11.3 Å². The third kappa shape index (κ3) is 3.61. The van der Waals surface area contributed by atoms with Gasteiger partial charge >= 0.3 is 5.97 Å². The molecule has 0 fully saturated rings. The predicted octanol–water partition coefficient (Wildman–Crippen LogP) is 2.21. The summed E-state index contributed by atoms with van der Waals surface area (Å²) in [6.45, 7) is 5.52. The molecule has 1 aromatic rings. The molecule has 1 aromatic heterocycles. The van der Waals surface area contributed by atoms with Crippen LogP contribution in [0.1, 0.15) is 24.3 Å². The SMILES string of the molecule is CCc1ccsc1CNCC(C)C(=O)OC. The average Bonchev–Trinajstić information content (AvgIpc) is 2.75. The highest BCUT2D eigenvalue weighted by atomic mass is 32.1. The Bertz CT molecular complexity index is 336. The molecule has 0 radical (unpaired) electrons. The Morgan fingerprint density at radius 3 is 3.00 bits per heavy atom. The molecule has 90 valence electrons. The minimum atomic E-state index is -0.158. The second-order valence-electron chi connectivity index (χ2n) is 3.78. The smallest absolute Gasteiger partial charge is 0.309 e. The normalized spacial score (nSPS) is 12.4. The predicted molar refractivity (Wildman–Crippen MR) is 66.6 cm³/mol. The summed E-state index contributed by atoms with van der Waals surface area (Å²) in [6.07, 6.45) is 1.06. The lowest BCUT2D eigenvalue weighted by Crippen LogP contribution is -2.26. The summed E-state index contributed by atoms with van der Waals surface area (Å²) in [6, 6.07) is 2.16. The highest BCUT2D eigenvalue weighted by Crippen LogP contribution is 2.16. The number of nitrogens with one attached hydrogen (secondary N) is 1. The van der Waals surface area contributed by atoms with Gasteiger partial charge in [-0.15, -0.1) is 11.3 Å². The number of rotatable bonds is 6. The van der Waals surface area contributed by atoms with Crippen LogP contribution in [-0.2, 0) is 22.5 Å². The molecule has 16 heavy (non-hydrogen) atoms. The van der Waals surface area contributed by atoms with Crippen LogP contribution in [0.2, 0.25) is 0 Å². The number of carbonyl (C=O) groups is 1. The van der Waals surface area contributed by atoms with Crippen molar-refractivity contribution in [3.63, 3.8) is 0 Å². The molecule has 0 spiro atoms. The van der Waals surface area contributed by atoms with Crippen LogP contribution in [0, 0.1) is 5.92 Å². The second kappa shape index (κ2) is 6.66. The standard InChI is InChI=1S/C12H19NO2S/c1-4-10-5-6-16-11(10)8-13-7-9(2)12(14)15-3/h5-6,9,13H,4,7-8H2,1-3H3. The largest absolute Gasteiger partial charge is 0.469 e. The summed E-state index contributed by atoms with van der Waals surface area (Å²) in [5, 5.41) is 5.40. The molecule has 3 nitrogen and oxygen atoms in total. The quantitative estimate of drug-likeness (QED) is 0.776. The molecule has 0 aliphatic heterocycles. The van der Waals surface area contributed by atoms with Crippen molar-refractivity contribution in [2.24, 2.45) is 5.92 Å². The molecule has 0 aromatic carbocycles. The lowest BCUT2D eigenvalue weighted by Gasteiger charge is -2.10. The molecule has 0 aliphatic rings. The molecule has 1 rings (SSSR count). The maximum atomic E-state index is 11.2. The molecule has 1 unspecified atom stereocenters. The van der Waals surface area contributed by atoms with Crippen molar-refractivity contribution < 1.29 is 9.53 Å². The molecular weight excluding hydrogens is 222 g/mol. The van der Waals surface area contributed by atoms with Gasteiger partial charge < -0.3 is 10.1 Å². The Kier molecular flexibility index (Phi) is 5.49. The molecule has 4 heteroatoms. The molecule has 1 N–H and O–H groups in total. The highest BCUT2D eigenvalue weighted by Gasteiger charge is 2.12. The topological polar surface area (TPSA) is 38.3 Å². The first kappa shape index (κ1) is 13.2. The lowest BCUT2D eigenvalue weighted by atomic mass is 10.2. The summed E-state index contributed by atoms with van der Waals surface area (Å²) in [4.78, 5) is 12.5. The van der Waals surface area contributed by atoms with Crippen LogP contribution < -0.4 is 5.32 Å². The molecular formula is C12H19NO2S. The van der Waals surface area contributed by atoms with E-state index in [9.17, 15) is 4.79 Å². The highest BCUT2D eigenvalue weighted by molar-refractivity contribution is 7.10. The van der Waals surface area contributed by atoms with Gasteiger partial charge in [0.25, 0.3) is 0 Å². The van der Waals surface area contributed by atoms with E-state index in [1.807, 2.05) is 6.92 Å². The first-order valence-corrected chi connectivity index (χ1v) is 6.40. The third-order valence-electron chi connectivity index (χ3n) is 2.56. The van der Waals surface area contributed by atoms with E-state index in [1.165, 1.54) is 17.6 Å². The zero-order valence-corrected chi connectivity index (χ0v) is 10.9. The number of methoxy groups -OCH3 is 1. The molecule has 0 amide bonds. The Morgan fingerprint density at radius 2 is 2.38 bits per heavy atom. The number of carbonyl (C=O) groups excluding carboxylic acids is 1. The van der Waals surface area contributed by atoms with Gasteiger partial charge in [-0.2, -0.15) is 0 Å². The van der Waals surface area contributed by atoms with Crippen LogP contribution in [0.25, 0.3) is 0 Å². The Labute approximate surface area is 101 Å². The van der Waals surface area contributed by atoms with Crippen LogP contribution in [0.5, 0.6) is 0 Å². The van der Waals surface area contributed by atoms with Crippen LogP contribution in [-0.4, -0.2) is 19.6 Å². The zero-order valence-electron chi connectivity index (χ0n) is 10.1. The van der Waals surface area contributed by atoms with Gasteiger partial charge in [-0.25, -0.2) is 0 Å². The summed E-state index contributed by atoms with van der Waals surface area (Å²) >= 11 is 1.76. The van der Waals surface area contributed by atoms with E-state index < -0.39 is 0 Å². The van der Waals surface area contributed by atoms with Crippen molar-refractivity contribution in [1.82, 2.24) is 5.32 Å². The Morgan fingerprint density at radius 1 is 1.62 bits per heavy atom. The first-order valence-electron chi connectivity index (χ1n) is 5.52. The molecule has 1 heterocycles. The van der Waals surface area contributed by atoms with Crippen LogP contribution in [0.3, 0.4) is 0 Å². The maximum Gasteiger partial charge on any atom is 0.309 e. The van der Waals surface area contributed by atoms with E-state index in [2.05, 4.69) is 28.4 Å². The Balaban J connectivity index is 2.33. The number of esters is 1. The fourth-order valence-corrected chi connectivity index (χ4v) is 2.47. The van der Waals surface area contributed by atoms with E-state index in [-0.39, 0.29) is 11.9 Å². The van der Waals surface area contributed by atoms with Crippen molar-refractivity contribution in [2.75, 3.05) is 13.7 Å². The number of hydrogen-bond donors (Lipinski definition) is 1. The fraction of sp³-hybridized carbons (Fsp3) is 0.583. The molecule has 0 saturated heterocycles. The van der Waals surface area contributed by atoms with E-state index >= 15 is 0 Å². The minimum Gasteiger partial charge on any atom is -0.469 e. The van der Waals surface area contributed by atoms with Crippen LogP contribution in [0.4, 0.5) is 0 Å². The third-order valence-corrected chi connectivity index (χ3v) is 3.52. The summed E-state index contributed by atoms with van der Waals surface area (Å²) < 4.78 is 4.67. The Hall–Kier alpha value is -0.870. The number of hydrogen-bond acceptors (Lipinski definition) is 4. The summed E-state index contributed by atoms with van der Waals surface area (Å²) in [5.74, 6) is -0.246. The van der Waals surface area contributed by atoms with Gasteiger partial charge in [-0.05, 0) is 23.4 Å². The van der Waals surface area contributed by atoms with Gasteiger partial charge in [0.1, 0.15) is 0 Å². The minimum absolute atomic E-state index is 0.0879. The van der Waals surface area contributed by atoms with Crippen LogP contribution >= 0.6 is 11.3 Å². The van der Waals surface area contributed by atoms with E-state index in [4.69, 9.17) is 0 Å². The number of ether oxygens (including phenoxy) is 1. The van der Waals surface area contributed by atoms with Crippen LogP contribution in [0.15, 0.2) is 11.4 Å². The van der Waals surface area contributed by atoms with Crippen molar-refractivity contribution in [2.45, 2.75) is 26.8 Å². The second-order valence-corrected chi connectivity index (χ2v) is 4.78. The van der Waals surface area contributed by atoms with Crippen molar-refractivity contribution in [3.05, 3.63) is 21.9 Å². The van der Waals surface area contributed by atoms with Gasteiger partial charge in [0, 0.05) is 18.0 Å². The van der Waals surface area contributed by atoms with Gasteiger partial charge in [0.15, 0.2) is 0 Å². The molecule has 1 atom stereocenters. The van der Waals surface area contributed by atoms with Crippen molar-refractivity contribution in [3.8, 4) is 0 Å². The van der Waals surface area contributed by atoms with Gasteiger partial charge in [-0.3, -0.25) is 4.79 Å². The first-order chi connectivity index (χ1) is 7.69. The molecule has 0 bridgehead atoms. The molecule has 0 saturated carbocycles. The van der Waals surface area contributed by atoms with Gasteiger partial charge in [0.05, 0.1) is 13.0 Å².